The summed E-state index contributed by atoms with van der Waals surface area (Å²) in [6.07, 6.45) is 1.40. The molecule has 184 valence electrons. The van der Waals surface area contributed by atoms with E-state index in [4.69, 9.17) is 23.7 Å². The van der Waals surface area contributed by atoms with E-state index in [1.165, 1.54) is 0 Å². The lowest BCUT2D eigenvalue weighted by molar-refractivity contribution is -0.161. The normalized spacial score (nSPS) is 28.1. The SMILES string of the molecule is CCOC(=O)C1=C[C@@H](OC(=O)c2ccc(OCc3ccccc3)cc2)[C@@H]2C[C@H]3OC(C)(C)O[C@H]3[C@H]12. The topological polar surface area (TPSA) is 80.3 Å². The average molecular weight is 479 g/mol. The number of ether oxygens (including phenoxy) is 5. The minimum Gasteiger partial charge on any atom is -0.489 e. The van der Waals surface area contributed by atoms with Crippen molar-refractivity contribution in [2.24, 2.45) is 11.8 Å². The fraction of sp³-hybridized carbons (Fsp3) is 0.429. The van der Waals surface area contributed by atoms with Crippen LogP contribution in [-0.2, 0) is 30.3 Å². The minimum absolute atomic E-state index is 0.0991. The fourth-order valence-electron chi connectivity index (χ4n) is 5.33. The van der Waals surface area contributed by atoms with Gasteiger partial charge in [-0.3, -0.25) is 0 Å². The molecule has 35 heavy (non-hydrogen) atoms. The quantitative estimate of drug-likeness (QED) is 0.544. The second-order valence-electron chi connectivity index (χ2n) is 9.57. The molecule has 2 aromatic carbocycles. The molecule has 2 aliphatic carbocycles. The van der Waals surface area contributed by atoms with Crippen LogP contribution < -0.4 is 4.74 Å². The van der Waals surface area contributed by atoms with Crippen molar-refractivity contribution in [3.8, 4) is 5.75 Å². The summed E-state index contributed by atoms with van der Waals surface area (Å²) in [6.45, 7) is 6.22. The van der Waals surface area contributed by atoms with Gasteiger partial charge in [0.25, 0.3) is 0 Å². The third-order valence-corrected chi connectivity index (χ3v) is 6.76. The standard InChI is InChI=1S/C28H30O7/c1-4-31-27(30)21-15-22(20-14-23-25(24(20)21)35-28(2,3)34-23)33-26(29)18-10-12-19(13-11-18)32-16-17-8-6-5-7-9-17/h5-13,15,20,22-25H,4,14,16H2,1-3H3/t20-,22+,23+,24-,25+/m0/s1. The molecule has 2 aromatic rings. The number of fused-ring (bicyclic) bond motifs is 3. The van der Waals surface area contributed by atoms with Crippen LogP contribution in [-0.4, -0.2) is 42.6 Å². The molecule has 7 nitrogen and oxygen atoms in total. The van der Waals surface area contributed by atoms with Crippen LogP contribution in [0.15, 0.2) is 66.2 Å². The van der Waals surface area contributed by atoms with E-state index in [9.17, 15) is 9.59 Å². The highest BCUT2D eigenvalue weighted by atomic mass is 16.8. The number of carbonyl (C=O) groups excluding carboxylic acids is 2. The van der Waals surface area contributed by atoms with Crippen LogP contribution >= 0.6 is 0 Å². The van der Waals surface area contributed by atoms with Gasteiger partial charge in [-0.1, -0.05) is 30.3 Å². The second kappa shape index (κ2) is 9.47. The Balaban J connectivity index is 1.26. The maximum atomic E-state index is 13.0. The number of hydrogen-bond acceptors (Lipinski definition) is 7. The molecule has 0 N–H and O–H groups in total. The summed E-state index contributed by atoms with van der Waals surface area (Å²) in [6, 6.07) is 16.7. The van der Waals surface area contributed by atoms with Crippen LogP contribution in [0.4, 0.5) is 0 Å². The van der Waals surface area contributed by atoms with Crippen molar-refractivity contribution in [2.45, 2.75) is 57.9 Å². The highest BCUT2D eigenvalue weighted by molar-refractivity contribution is 5.92. The van der Waals surface area contributed by atoms with E-state index in [1.807, 2.05) is 44.2 Å². The molecule has 0 spiro atoms. The largest absolute Gasteiger partial charge is 0.489 e. The van der Waals surface area contributed by atoms with Crippen LogP contribution in [0.25, 0.3) is 0 Å². The fourth-order valence-corrected chi connectivity index (χ4v) is 5.33. The number of esters is 2. The van der Waals surface area contributed by atoms with E-state index in [-0.39, 0.29) is 30.7 Å². The highest BCUT2D eigenvalue weighted by Crippen LogP contribution is 2.52. The van der Waals surface area contributed by atoms with Crippen molar-refractivity contribution in [2.75, 3.05) is 6.61 Å². The molecule has 3 aliphatic rings. The van der Waals surface area contributed by atoms with Gasteiger partial charge in [0, 0.05) is 17.4 Å². The average Bonchev–Trinajstić information content (AvgIpc) is 3.45. The van der Waals surface area contributed by atoms with Crippen molar-refractivity contribution in [1.29, 1.82) is 0 Å². The Morgan fingerprint density at radius 1 is 1.00 bits per heavy atom. The van der Waals surface area contributed by atoms with Crippen LogP contribution in [0.5, 0.6) is 5.75 Å². The molecular weight excluding hydrogens is 448 g/mol. The Morgan fingerprint density at radius 2 is 1.74 bits per heavy atom. The van der Waals surface area contributed by atoms with Gasteiger partial charge in [-0.2, -0.15) is 0 Å². The molecule has 2 fully saturated rings. The lowest BCUT2D eigenvalue weighted by Crippen LogP contribution is -2.31. The molecule has 5 rings (SSSR count). The lowest BCUT2D eigenvalue weighted by atomic mass is 9.92. The van der Waals surface area contributed by atoms with Crippen molar-refractivity contribution in [3.05, 3.63) is 77.4 Å². The Hall–Kier alpha value is -3.16. The zero-order valence-electron chi connectivity index (χ0n) is 20.1. The van der Waals surface area contributed by atoms with E-state index in [2.05, 4.69) is 0 Å². The second-order valence-corrected chi connectivity index (χ2v) is 9.57. The third-order valence-electron chi connectivity index (χ3n) is 6.76. The first-order chi connectivity index (χ1) is 16.8. The first-order valence-corrected chi connectivity index (χ1v) is 12.1. The zero-order chi connectivity index (χ0) is 24.6. The molecule has 5 atom stereocenters. The van der Waals surface area contributed by atoms with E-state index in [0.29, 0.717) is 29.9 Å². The van der Waals surface area contributed by atoms with Gasteiger partial charge in [-0.05, 0) is 63.1 Å². The molecule has 0 bridgehead atoms. The van der Waals surface area contributed by atoms with Gasteiger partial charge < -0.3 is 23.7 Å². The summed E-state index contributed by atoms with van der Waals surface area (Å²) in [7, 11) is 0. The molecule has 0 amide bonds. The summed E-state index contributed by atoms with van der Waals surface area (Å²) in [4.78, 5) is 25.7. The van der Waals surface area contributed by atoms with Gasteiger partial charge in [0.05, 0.1) is 24.4 Å². The molecule has 1 aliphatic heterocycles. The van der Waals surface area contributed by atoms with E-state index in [0.717, 1.165) is 5.56 Å². The van der Waals surface area contributed by atoms with E-state index in [1.54, 1.807) is 37.3 Å². The molecule has 0 unspecified atom stereocenters. The smallest absolute Gasteiger partial charge is 0.338 e. The summed E-state index contributed by atoms with van der Waals surface area (Å²) in [5.74, 6) is -1.22. The monoisotopic (exact) mass is 478 g/mol. The van der Waals surface area contributed by atoms with Gasteiger partial charge in [0.2, 0.25) is 0 Å². The number of rotatable bonds is 7. The van der Waals surface area contributed by atoms with Crippen molar-refractivity contribution in [1.82, 2.24) is 0 Å². The number of hydrogen-bond donors (Lipinski definition) is 0. The summed E-state index contributed by atoms with van der Waals surface area (Å²) >= 11 is 0. The summed E-state index contributed by atoms with van der Waals surface area (Å²) < 4.78 is 29.1. The maximum Gasteiger partial charge on any atom is 0.338 e. The van der Waals surface area contributed by atoms with Gasteiger partial charge in [0.1, 0.15) is 18.5 Å². The summed E-state index contributed by atoms with van der Waals surface area (Å²) in [5.41, 5.74) is 1.99. The van der Waals surface area contributed by atoms with Crippen molar-refractivity contribution < 1.29 is 33.3 Å². The number of carbonyl (C=O) groups is 2. The number of benzene rings is 2. The van der Waals surface area contributed by atoms with Crippen LogP contribution in [0, 0.1) is 11.8 Å². The molecule has 1 saturated carbocycles. The predicted octanol–water partition coefficient (Wildman–Crippen LogP) is 4.45. The van der Waals surface area contributed by atoms with Gasteiger partial charge in [-0.25, -0.2) is 9.59 Å². The third kappa shape index (κ3) is 4.83. The molecular formula is C28H30O7. The summed E-state index contributed by atoms with van der Waals surface area (Å²) in [5, 5.41) is 0. The molecule has 7 heteroatoms. The minimum atomic E-state index is -0.709. The van der Waals surface area contributed by atoms with E-state index >= 15 is 0 Å². The Bertz CT molecular complexity index is 1110. The van der Waals surface area contributed by atoms with Crippen LogP contribution in [0.3, 0.4) is 0 Å². The van der Waals surface area contributed by atoms with Crippen LogP contribution in [0.1, 0.15) is 43.1 Å². The molecule has 0 radical (unpaired) electrons. The van der Waals surface area contributed by atoms with Crippen molar-refractivity contribution >= 4 is 11.9 Å². The highest BCUT2D eigenvalue weighted by Gasteiger charge is 2.60. The zero-order valence-corrected chi connectivity index (χ0v) is 20.1. The Morgan fingerprint density at radius 3 is 2.46 bits per heavy atom. The molecule has 1 heterocycles. The van der Waals surface area contributed by atoms with Crippen LogP contribution in [0.2, 0.25) is 0 Å². The van der Waals surface area contributed by atoms with Gasteiger partial charge in [-0.15, -0.1) is 0 Å². The first kappa shape index (κ1) is 23.6. The van der Waals surface area contributed by atoms with Crippen molar-refractivity contribution in [3.63, 3.8) is 0 Å². The molecule has 1 saturated heterocycles. The predicted molar refractivity (Wildman–Crippen MR) is 127 cm³/mol. The maximum absolute atomic E-state index is 13.0. The molecule has 0 aromatic heterocycles. The van der Waals surface area contributed by atoms with E-state index < -0.39 is 23.8 Å². The lowest BCUT2D eigenvalue weighted by Gasteiger charge is -2.25. The van der Waals surface area contributed by atoms with Gasteiger partial charge >= 0.3 is 11.9 Å². The Labute approximate surface area is 205 Å². The first-order valence-electron chi connectivity index (χ1n) is 12.1. The van der Waals surface area contributed by atoms with Gasteiger partial charge in [0.15, 0.2) is 5.79 Å². The Kier molecular flexibility index (Phi) is 6.38.